The van der Waals surface area contributed by atoms with Crippen molar-refractivity contribution in [3.63, 3.8) is 0 Å². The number of carbonyl (C=O) groups excluding carboxylic acids is 1. The van der Waals surface area contributed by atoms with Gasteiger partial charge in [0.25, 0.3) is 5.69 Å². The first-order valence-electron chi connectivity index (χ1n) is 9.55. The fraction of sp³-hybridized carbons (Fsp3) is 0.125. The third kappa shape index (κ3) is 5.93. The average molecular weight is 418 g/mol. The zero-order chi connectivity index (χ0) is 22.2. The Morgan fingerprint density at radius 2 is 1.84 bits per heavy atom. The number of non-ortho nitro benzene ring substituents is 1. The monoisotopic (exact) mass is 418 g/mol. The van der Waals surface area contributed by atoms with Crippen molar-refractivity contribution in [1.82, 2.24) is 0 Å². The van der Waals surface area contributed by atoms with Crippen LogP contribution in [0, 0.1) is 17.0 Å². The van der Waals surface area contributed by atoms with Crippen LogP contribution in [-0.4, -0.2) is 17.9 Å². The third-order valence-corrected chi connectivity index (χ3v) is 4.53. The Morgan fingerprint density at radius 1 is 1.06 bits per heavy atom. The molecule has 7 heteroatoms. The number of amides is 1. The van der Waals surface area contributed by atoms with E-state index in [2.05, 4.69) is 5.32 Å². The summed E-state index contributed by atoms with van der Waals surface area (Å²) in [7, 11) is 1.56. The van der Waals surface area contributed by atoms with Crippen molar-refractivity contribution in [3.8, 4) is 11.5 Å². The highest BCUT2D eigenvalue weighted by atomic mass is 16.6. The van der Waals surface area contributed by atoms with Gasteiger partial charge in [0.2, 0.25) is 5.91 Å². The first kappa shape index (κ1) is 21.6. The Kier molecular flexibility index (Phi) is 7.01. The highest BCUT2D eigenvalue weighted by Gasteiger charge is 2.09. The molecule has 0 aliphatic carbocycles. The van der Waals surface area contributed by atoms with Gasteiger partial charge < -0.3 is 14.8 Å². The summed E-state index contributed by atoms with van der Waals surface area (Å²) >= 11 is 0. The van der Waals surface area contributed by atoms with Crippen LogP contribution in [0.25, 0.3) is 6.08 Å². The number of anilines is 1. The lowest BCUT2D eigenvalue weighted by molar-refractivity contribution is -0.384. The number of nitro groups is 1. The van der Waals surface area contributed by atoms with Crippen LogP contribution in [0.1, 0.15) is 16.7 Å². The summed E-state index contributed by atoms with van der Waals surface area (Å²) in [5.41, 5.74) is 2.92. The van der Waals surface area contributed by atoms with Crippen LogP contribution in [0.3, 0.4) is 0 Å². The van der Waals surface area contributed by atoms with Crippen molar-refractivity contribution < 1.29 is 19.2 Å². The summed E-state index contributed by atoms with van der Waals surface area (Å²) in [5.74, 6) is 0.819. The van der Waals surface area contributed by atoms with Gasteiger partial charge in [-0.25, -0.2) is 0 Å². The molecule has 0 fully saturated rings. The molecule has 0 aliphatic rings. The van der Waals surface area contributed by atoms with Crippen LogP contribution in [0.15, 0.2) is 72.8 Å². The number of nitrogens with one attached hydrogen (secondary N) is 1. The second-order valence-corrected chi connectivity index (χ2v) is 6.76. The minimum absolute atomic E-state index is 0.0206. The molecule has 7 nitrogen and oxygen atoms in total. The van der Waals surface area contributed by atoms with Gasteiger partial charge in [0.05, 0.1) is 12.0 Å². The molecule has 1 amide bonds. The maximum Gasteiger partial charge on any atom is 0.269 e. The van der Waals surface area contributed by atoms with Crippen LogP contribution >= 0.6 is 0 Å². The Morgan fingerprint density at radius 3 is 2.52 bits per heavy atom. The van der Waals surface area contributed by atoms with E-state index in [1.165, 1.54) is 24.3 Å². The third-order valence-electron chi connectivity index (χ3n) is 4.53. The molecule has 1 N–H and O–H groups in total. The lowest BCUT2D eigenvalue weighted by atomic mass is 10.1. The maximum absolute atomic E-state index is 12.2. The lowest BCUT2D eigenvalue weighted by Gasteiger charge is -2.11. The topological polar surface area (TPSA) is 90.7 Å². The molecular formula is C24H22N2O5. The van der Waals surface area contributed by atoms with Crippen molar-refractivity contribution >= 4 is 23.4 Å². The summed E-state index contributed by atoms with van der Waals surface area (Å²) in [6.45, 7) is 2.12. The number of rotatable bonds is 8. The van der Waals surface area contributed by atoms with Gasteiger partial charge in [-0.3, -0.25) is 14.9 Å². The minimum atomic E-state index is -0.473. The zero-order valence-electron chi connectivity index (χ0n) is 17.2. The smallest absolute Gasteiger partial charge is 0.269 e. The molecule has 0 heterocycles. The van der Waals surface area contributed by atoms with E-state index in [0.29, 0.717) is 29.4 Å². The van der Waals surface area contributed by atoms with Gasteiger partial charge in [0.1, 0.15) is 6.61 Å². The molecule has 3 aromatic carbocycles. The van der Waals surface area contributed by atoms with Gasteiger partial charge in [0.15, 0.2) is 11.5 Å². The number of benzene rings is 3. The lowest BCUT2D eigenvalue weighted by Crippen LogP contribution is -2.09. The molecule has 0 atom stereocenters. The first-order chi connectivity index (χ1) is 15.0. The van der Waals surface area contributed by atoms with Gasteiger partial charge in [-0.15, -0.1) is 0 Å². The average Bonchev–Trinajstić information content (AvgIpc) is 2.78. The van der Waals surface area contributed by atoms with Crippen LogP contribution < -0.4 is 14.8 Å². The number of methoxy groups -OCH3 is 1. The van der Waals surface area contributed by atoms with Crippen LogP contribution in [0.5, 0.6) is 11.5 Å². The second kappa shape index (κ2) is 10.1. The van der Waals surface area contributed by atoms with Gasteiger partial charge in [-0.1, -0.05) is 36.4 Å². The van der Waals surface area contributed by atoms with Crippen LogP contribution in [-0.2, 0) is 11.4 Å². The van der Waals surface area contributed by atoms with E-state index >= 15 is 0 Å². The highest BCUT2D eigenvalue weighted by molar-refractivity contribution is 6.02. The Balaban J connectivity index is 1.64. The zero-order valence-corrected chi connectivity index (χ0v) is 17.2. The van der Waals surface area contributed by atoms with Gasteiger partial charge in [-0.2, -0.15) is 0 Å². The van der Waals surface area contributed by atoms with E-state index in [4.69, 9.17) is 9.47 Å². The molecule has 3 rings (SSSR count). The number of ether oxygens (including phenoxy) is 2. The summed E-state index contributed by atoms with van der Waals surface area (Å²) in [4.78, 5) is 22.6. The molecule has 0 aromatic heterocycles. The molecule has 0 spiro atoms. The molecule has 31 heavy (non-hydrogen) atoms. The van der Waals surface area contributed by atoms with Crippen molar-refractivity contribution in [2.45, 2.75) is 13.5 Å². The van der Waals surface area contributed by atoms with E-state index in [1.807, 2.05) is 36.4 Å². The standard InChI is InChI=1S/C24H22N2O5/c1-17-14-20(26(28)29)10-11-21(17)25-24(27)13-9-18-8-12-22(23(15-18)30-2)31-16-19-6-4-3-5-7-19/h3-15H,16H2,1-2H3,(H,25,27)/b13-9+. The molecule has 0 aliphatic heterocycles. The summed E-state index contributed by atoms with van der Waals surface area (Å²) in [6, 6.07) is 19.5. The number of nitro benzene ring substituents is 1. The molecule has 0 saturated carbocycles. The first-order valence-corrected chi connectivity index (χ1v) is 9.55. The maximum atomic E-state index is 12.2. The quantitative estimate of drug-likeness (QED) is 0.311. The van der Waals surface area contributed by atoms with Gasteiger partial charge in [0, 0.05) is 23.9 Å². The van der Waals surface area contributed by atoms with Crippen LogP contribution in [0.4, 0.5) is 11.4 Å². The molecule has 0 saturated heterocycles. The van der Waals surface area contributed by atoms with E-state index < -0.39 is 4.92 Å². The fourth-order valence-electron chi connectivity index (χ4n) is 2.89. The molecule has 0 radical (unpaired) electrons. The van der Waals surface area contributed by atoms with Crippen molar-refractivity contribution in [3.05, 3.63) is 99.6 Å². The number of nitrogens with zero attached hydrogens (tertiary/aromatic N) is 1. The Labute approximate surface area is 180 Å². The molecule has 158 valence electrons. The minimum Gasteiger partial charge on any atom is -0.493 e. The normalized spacial score (nSPS) is 10.6. The van der Waals surface area contributed by atoms with Gasteiger partial charge >= 0.3 is 0 Å². The van der Waals surface area contributed by atoms with Crippen molar-refractivity contribution in [2.75, 3.05) is 12.4 Å². The van der Waals surface area contributed by atoms with E-state index in [1.54, 1.807) is 32.2 Å². The molecular weight excluding hydrogens is 396 g/mol. The SMILES string of the molecule is COc1cc(/C=C/C(=O)Nc2ccc([N+](=O)[O-])cc2C)ccc1OCc1ccccc1. The number of hydrogen-bond acceptors (Lipinski definition) is 5. The largest absolute Gasteiger partial charge is 0.493 e. The van der Waals surface area contributed by atoms with E-state index in [9.17, 15) is 14.9 Å². The summed E-state index contributed by atoms with van der Waals surface area (Å²) < 4.78 is 11.2. The van der Waals surface area contributed by atoms with Gasteiger partial charge in [-0.05, 0) is 47.9 Å². The van der Waals surface area contributed by atoms with Crippen molar-refractivity contribution in [1.29, 1.82) is 0 Å². The summed E-state index contributed by atoms with van der Waals surface area (Å²) in [5, 5.41) is 13.5. The number of carbonyl (C=O) groups is 1. The number of hydrogen-bond donors (Lipinski definition) is 1. The predicted octanol–water partition coefficient (Wildman–Crippen LogP) is 5.14. The van der Waals surface area contributed by atoms with Crippen molar-refractivity contribution in [2.24, 2.45) is 0 Å². The van der Waals surface area contributed by atoms with E-state index in [-0.39, 0.29) is 11.6 Å². The summed E-state index contributed by atoms with van der Waals surface area (Å²) in [6.07, 6.45) is 3.04. The molecule has 0 unspecified atom stereocenters. The highest BCUT2D eigenvalue weighted by Crippen LogP contribution is 2.29. The fourth-order valence-corrected chi connectivity index (χ4v) is 2.89. The molecule has 3 aromatic rings. The van der Waals surface area contributed by atoms with E-state index in [0.717, 1.165) is 11.1 Å². The molecule has 0 bridgehead atoms. The Bertz CT molecular complexity index is 1110. The number of aryl methyl sites for hydroxylation is 1. The predicted molar refractivity (Wildman–Crippen MR) is 119 cm³/mol. The second-order valence-electron chi connectivity index (χ2n) is 6.76. The van der Waals surface area contributed by atoms with Crippen LogP contribution in [0.2, 0.25) is 0 Å². The Hall–Kier alpha value is -4.13.